The fourth-order valence-corrected chi connectivity index (χ4v) is 1.02. The Bertz CT molecular complexity index is 226. The molecule has 0 aromatic rings. The van der Waals surface area contributed by atoms with Gasteiger partial charge in [-0.15, -0.1) is 0 Å². The van der Waals surface area contributed by atoms with Crippen molar-refractivity contribution in [2.24, 2.45) is 15.8 Å². The van der Waals surface area contributed by atoms with Gasteiger partial charge in [-0.3, -0.25) is 5.48 Å². The summed E-state index contributed by atoms with van der Waals surface area (Å²) in [5, 5.41) is 0. The van der Waals surface area contributed by atoms with Crippen molar-refractivity contribution >= 4 is 5.84 Å². The lowest BCUT2D eigenvalue weighted by molar-refractivity contribution is 0.0448. The Morgan fingerprint density at radius 2 is 1.77 bits per heavy atom. The molecule has 0 saturated carbocycles. The minimum atomic E-state index is -0.0587. The smallest absolute Gasteiger partial charge is 0.174 e. The Morgan fingerprint density at radius 3 is 2.08 bits per heavy atom. The van der Waals surface area contributed by atoms with Crippen molar-refractivity contribution in [3.8, 4) is 0 Å². The van der Waals surface area contributed by atoms with E-state index in [1.165, 1.54) is 0 Å². The lowest BCUT2D eigenvalue weighted by Gasteiger charge is -2.38. The fourth-order valence-electron chi connectivity index (χ4n) is 1.02. The highest BCUT2D eigenvalue weighted by Crippen LogP contribution is 2.39. The van der Waals surface area contributed by atoms with Gasteiger partial charge in [-0.1, -0.05) is 34.6 Å². The summed E-state index contributed by atoms with van der Waals surface area (Å²) in [6, 6.07) is 0. The molecule has 3 heteroatoms. The molecule has 1 unspecified atom stereocenters. The van der Waals surface area contributed by atoms with Crippen LogP contribution in [-0.2, 0) is 4.84 Å². The summed E-state index contributed by atoms with van der Waals surface area (Å²) in [7, 11) is 0. The first-order valence-corrected chi connectivity index (χ1v) is 4.75. The van der Waals surface area contributed by atoms with Gasteiger partial charge in [0.1, 0.15) is 5.84 Å². The molecule has 0 aromatic heterocycles. The van der Waals surface area contributed by atoms with Crippen LogP contribution < -0.4 is 5.48 Å². The normalized spacial score (nSPS) is 24.2. The number of nitrogens with zero attached hydrogens (tertiary/aromatic N) is 1. The van der Waals surface area contributed by atoms with E-state index in [4.69, 9.17) is 4.84 Å². The zero-order chi connectivity index (χ0) is 10.3. The van der Waals surface area contributed by atoms with Crippen molar-refractivity contribution in [1.82, 2.24) is 5.48 Å². The third kappa shape index (κ3) is 1.85. The maximum atomic E-state index is 5.19. The van der Waals surface area contributed by atoms with E-state index in [1.807, 2.05) is 6.92 Å². The van der Waals surface area contributed by atoms with Crippen molar-refractivity contribution in [2.45, 2.75) is 47.8 Å². The topological polar surface area (TPSA) is 33.6 Å². The summed E-state index contributed by atoms with van der Waals surface area (Å²) in [5.74, 6) is 0.951. The van der Waals surface area contributed by atoms with Gasteiger partial charge in [0.2, 0.25) is 0 Å². The SMILES string of the molecule is CC1N=C(C(C)(C)C(C)(C)C)NO1. The van der Waals surface area contributed by atoms with E-state index in [0.29, 0.717) is 0 Å². The van der Waals surface area contributed by atoms with Gasteiger partial charge < -0.3 is 0 Å². The third-order valence-electron chi connectivity index (χ3n) is 3.10. The molecular formula is C10H20N2O. The van der Waals surface area contributed by atoms with Crippen LogP contribution in [0.2, 0.25) is 0 Å². The molecule has 13 heavy (non-hydrogen) atoms. The number of hydrogen-bond donors (Lipinski definition) is 1. The molecule has 1 N–H and O–H groups in total. The van der Waals surface area contributed by atoms with Crippen molar-refractivity contribution in [3.63, 3.8) is 0 Å². The maximum Gasteiger partial charge on any atom is 0.174 e. The van der Waals surface area contributed by atoms with Gasteiger partial charge >= 0.3 is 0 Å². The molecule has 0 saturated heterocycles. The summed E-state index contributed by atoms with van der Waals surface area (Å²) in [6.07, 6.45) is -0.0587. The van der Waals surface area contributed by atoms with Crippen molar-refractivity contribution < 1.29 is 4.84 Å². The average Bonchev–Trinajstić information content (AvgIpc) is 2.33. The van der Waals surface area contributed by atoms with E-state index in [0.717, 1.165) is 5.84 Å². The van der Waals surface area contributed by atoms with Gasteiger partial charge in [0.25, 0.3) is 0 Å². The van der Waals surface area contributed by atoms with Gasteiger partial charge in [0.15, 0.2) is 6.23 Å². The van der Waals surface area contributed by atoms with Gasteiger partial charge in [-0.05, 0) is 12.3 Å². The molecule has 0 bridgehead atoms. The Kier molecular flexibility index (Phi) is 2.41. The highest BCUT2D eigenvalue weighted by Gasteiger charge is 2.40. The Labute approximate surface area is 80.5 Å². The Morgan fingerprint density at radius 1 is 1.23 bits per heavy atom. The van der Waals surface area contributed by atoms with Crippen LogP contribution in [0.1, 0.15) is 41.5 Å². The second-order valence-corrected chi connectivity index (χ2v) is 5.17. The number of hydroxylamine groups is 1. The molecule has 0 radical (unpaired) electrons. The van der Waals surface area contributed by atoms with Crippen LogP contribution >= 0.6 is 0 Å². The summed E-state index contributed by atoms with van der Waals surface area (Å²) in [4.78, 5) is 9.60. The molecule has 76 valence electrons. The van der Waals surface area contributed by atoms with Crippen molar-refractivity contribution in [2.75, 3.05) is 0 Å². The van der Waals surface area contributed by atoms with Crippen LogP contribution in [0.4, 0.5) is 0 Å². The van der Waals surface area contributed by atoms with E-state index < -0.39 is 0 Å². The lowest BCUT2D eigenvalue weighted by Crippen LogP contribution is -2.42. The molecule has 1 rings (SSSR count). The molecule has 0 fully saturated rings. The molecule has 1 aliphatic rings. The van der Waals surface area contributed by atoms with Crippen LogP contribution in [0.15, 0.2) is 4.99 Å². The number of nitrogens with one attached hydrogen (secondary N) is 1. The third-order valence-corrected chi connectivity index (χ3v) is 3.10. The minimum absolute atomic E-state index is 0.0117. The number of aliphatic imine (C=N–C) groups is 1. The monoisotopic (exact) mass is 184 g/mol. The average molecular weight is 184 g/mol. The van der Waals surface area contributed by atoms with E-state index in [-0.39, 0.29) is 17.1 Å². The quantitative estimate of drug-likeness (QED) is 0.678. The van der Waals surface area contributed by atoms with E-state index in [1.54, 1.807) is 0 Å². The molecule has 1 atom stereocenters. The molecule has 1 aliphatic heterocycles. The Balaban J connectivity index is 2.88. The lowest BCUT2D eigenvalue weighted by atomic mass is 9.68. The van der Waals surface area contributed by atoms with E-state index in [9.17, 15) is 0 Å². The van der Waals surface area contributed by atoms with Crippen LogP contribution in [0, 0.1) is 10.8 Å². The number of amidine groups is 1. The largest absolute Gasteiger partial charge is 0.250 e. The summed E-state index contributed by atoms with van der Waals surface area (Å²) < 4.78 is 0. The standard InChI is InChI=1S/C10H20N2O/c1-7-11-8(12-13-7)10(5,6)9(2,3)4/h7H,1-6H3,(H,11,12). The fraction of sp³-hybridized carbons (Fsp3) is 0.900. The Hall–Kier alpha value is -0.570. The van der Waals surface area contributed by atoms with Crippen molar-refractivity contribution in [1.29, 1.82) is 0 Å². The molecule has 0 amide bonds. The second kappa shape index (κ2) is 2.98. The first-order valence-electron chi connectivity index (χ1n) is 4.75. The van der Waals surface area contributed by atoms with E-state index in [2.05, 4.69) is 45.1 Å². The van der Waals surface area contributed by atoms with Gasteiger partial charge in [0, 0.05) is 5.41 Å². The van der Waals surface area contributed by atoms with Gasteiger partial charge in [-0.2, -0.15) is 0 Å². The minimum Gasteiger partial charge on any atom is -0.250 e. The predicted octanol–water partition coefficient (Wildman–Crippen LogP) is 2.34. The molecular weight excluding hydrogens is 164 g/mol. The zero-order valence-corrected chi connectivity index (χ0v) is 9.43. The molecule has 0 spiro atoms. The summed E-state index contributed by atoms with van der Waals surface area (Å²) in [6.45, 7) is 12.9. The summed E-state index contributed by atoms with van der Waals surface area (Å²) in [5.41, 5.74) is 3.09. The summed E-state index contributed by atoms with van der Waals surface area (Å²) >= 11 is 0. The molecule has 3 nitrogen and oxygen atoms in total. The highest BCUT2D eigenvalue weighted by molar-refractivity contribution is 5.88. The van der Waals surface area contributed by atoms with Gasteiger partial charge in [-0.25, -0.2) is 9.83 Å². The highest BCUT2D eigenvalue weighted by atomic mass is 16.7. The van der Waals surface area contributed by atoms with E-state index >= 15 is 0 Å². The molecule has 1 heterocycles. The molecule has 0 aliphatic carbocycles. The number of rotatable bonds is 1. The second-order valence-electron chi connectivity index (χ2n) is 5.17. The zero-order valence-electron chi connectivity index (χ0n) is 9.43. The van der Waals surface area contributed by atoms with Crippen molar-refractivity contribution in [3.05, 3.63) is 0 Å². The van der Waals surface area contributed by atoms with Crippen LogP contribution in [0.3, 0.4) is 0 Å². The van der Waals surface area contributed by atoms with Crippen LogP contribution in [0.5, 0.6) is 0 Å². The molecule has 0 aromatic carbocycles. The van der Waals surface area contributed by atoms with Crippen LogP contribution in [-0.4, -0.2) is 12.1 Å². The van der Waals surface area contributed by atoms with Gasteiger partial charge in [0.05, 0.1) is 0 Å². The predicted molar refractivity (Wildman–Crippen MR) is 54.4 cm³/mol. The number of hydrogen-bond acceptors (Lipinski definition) is 3. The maximum absolute atomic E-state index is 5.19. The first-order chi connectivity index (χ1) is 5.75. The van der Waals surface area contributed by atoms with Crippen LogP contribution in [0.25, 0.3) is 0 Å². The first kappa shape index (κ1) is 10.5.